The van der Waals surface area contributed by atoms with Gasteiger partial charge in [0.1, 0.15) is 5.82 Å². The van der Waals surface area contributed by atoms with Crippen molar-refractivity contribution in [2.24, 2.45) is 0 Å². The number of benzene rings is 3. The van der Waals surface area contributed by atoms with E-state index in [0.29, 0.717) is 18.7 Å². The van der Waals surface area contributed by atoms with Crippen LogP contribution in [0.4, 0.5) is 0 Å². The van der Waals surface area contributed by atoms with Gasteiger partial charge in [0.15, 0.2) is 11.5 Å². The highest BCUT2D eigenvalue weighted by Gasteiger charge is 2.11. The van der Waals surface area contributed by atoms with Gasteiger partial charge in [-0.3, -0.25) is 4.79 Å². The van der Waals surface area contributed by atoms with Gasteiger partial charge in [-0.2, -0.15) is 0 Å². The fourth-order valence-corrected chi connectivity index (χ4v) is 4.57. The van der Waals surface area contributed by atoms with E-state index < -0.39 is 0 Å². The van der Waals surface area contributed by atoms with Crippen molar-refractivity contribution in [3.8, 4) is 11.5 Å². The number of carbonyl (C=O) groups excluding carboxylic acids is 1. The summed E-state index contributed by atoms with van der Waals surface area (Å²) in [6.45, 7) is 5.90. The summed E-state index contributed by atoms with van der Waals surface area (Å²) in [4.78, 5) is 17.1. The summed E-state index contributed by atoms with van der Waals surface area (Å²) in [5.41, 5.74) is 4.03. The minimum atomic E-state index is -0.0139. The van der Waals surface area contributed by atoms with Crippen LogP contribution in [0.15, 0.2) is 85.5 Å². The number of nitrogens with zero attached hydrogens (tertiary/aromatic N) is 2. The summed E-state index contributed by atoms with van der Waals surface area (Å²) in [7, 11) is 1.67. The van der Waals surface area contributed by atoms with Crippen LogP contribution in [0.2, 0.25) is 0 Å². The molecule has 38 heavy (non-hydrogen) atoms. The second-order valence-corrected chi connectivity index (χ2v) is 9.28. The van der Waals surface area contributed by atoms with E-state index in [1.165, 1.54) is 0 Å². The Labute approximate surface area is 225 Å². The Kier molecular flexibility index (Phi) is 9.96. The van der Waals surface area contributed by atoms with Crippen LogP contribution in [0.3, 0.4) is 0 Å². The van der Waals surface area contributed by atoms with Gasteiger partial charge in [-0.05, 0) is 67.6 Å². The lowest BCUT2D eigenvalue weighted by Gasteiger charge is -2.13. The fourth-order valence-electron chi connectivity index (χ4n) is 4.57. The number of unbranched alkanes of at least 4 members (excludes halogenated alkanes) is 2. The van der Waals surface area contributed by atoms with Crippen molar-refractivity contribution in [3.05, 3.63) is 102 Å². The number of aryl methyl sites for hydroxylation is 2. The lowest BCUT2D eigenvalue weighted by molar-refractivity contribution is 0.0953. The van der Waals surface area contributed by atoms with Crippen molar-refractivity contribution in [2.45, 2.75) is 45.1 Å². The van der Waals surface area contributed by atoms with Crippen molar-refractivity contribution in [1.82, 2.24) is 14.9 Å². The maximum atomic E-state index is 12.2. The number of fused-ring (bicyclic) bond motifs is 1. The first-order chi connectivity index (χ1) is 18.7. The molecular formula is C32H37N3O3. The lowest BCUT2D eigenvalue weighted by atomic mass is 10.1. The highest BCUT2D eigenvalue weighted by atomic mass is 16.5. The van der Waals surface area contributed by atoms with E-state index in [1.807, 2.05) is 60.7 Å². The van der Waals surface area contributed by atoms with E-state index in [1.54, 1.807) is 7.11 Å². The molecule has 1 heterocycles. The van der Waals surface area contributed by atoms with E-state index in [-0.39, 0.29) is 5.91 Å². The van der Waals surface area contributed by atoms with Gasteiger partial charge in [0.05, 0.1) is 24.8 Å². The molecule has 1 aromatic heterocycles. The van der Waals surface area contributed by atoms with E-state index in [2.05, 4.69) is 34.7 Å². The number of methoxy groups -OCH3 is 1. The van der Waals surface area contributed by atoms with Gasteiger partial charge in [-0.1, -0.05) is 48.9 Å². The Morgan fingerprint density at radius 1 is 0.974 bits per heavy atom. The van der Waals surface area contributed by atoms with Crippen molar-refractivity contribution < 1.29 is 14.3 Å². The van der Waals surface area contributed by atoms with Crippen LogP contribution >= 0.6 is 0 Å². The number of hydrogen-bond acceptors (Lipinski definition) is 4. The molecule has 0 aliphatic rings. The summed E-state index contributed by atoms with van der Waals surface area (Å²) in [5, 5.41) is 3.01. The summed E-state index contributed by atoms with van der Waals surface area (Å²) in [6.07, 6.45) is 7.44. The van der Waals surface area contributed by atoms with Crippen LogP contribution < -0.4 is 14.8 Å². The molecular weight excluding hydrogens is 474 g/mol. The Bertz CT molecular complexity index is 1330. The number of imidazole rings is 1. The molecule has 0 unspecified atom stereocenters. The number of ether oxygens (including phenoxy) is 2. The van der Waals surface area contributed by atoms with Gasteiger partial charge < -0.3 is 19.4 Å². The SMILES string of the molecule is C=CCc1ccc(OCCCn2c(CCCCCNC(=O)c3ccccc3)nc3ccccc32)c(OC)c1. The molecule has 4 rings (SSSR count). The molecule has 6 heteroatoms. The third-order valence-electron chi connectivity index (χ3n) is 6.52. The predicted molar refractivity (Wildman–Crippen MR) is 153 cm³/mol. The third-order valence-corrected chi connectivity index (χ3v) is 6.52. The first-order valence-corrected chi connectivity index (χ1v) is 13.4. The van der Waals surface area contributed by atoms with Crippen molar-refractivity contribution >= 4 is 16.9 Å². The number of carbonyl (C=O) groups is 1. The predicted octanol–water partition coefficient (Wildman–Crippen LogP) is 6.39. The van der Waals surface area contributed by atoms with Crippen LogP contribution in [0, 0.1) is 0 Å². The minimum absolute atomic E-state index is 0.0139. The standard InChI is InChI=1S/C32H37N3O3/c1-3-13-25-19-20-29(30(24-25)37-2)38-23-12-22-35-28-17-10-9-16-27(28)34-31(35)18-8-5-11-21-33-32(36)26-14-6-4-7-15-26/h3-4,6-7,9-10,14-17,19-20,24H,1,5,8,11-13,18,21-23H2,2H3,(H,33,36). The van der Waals surface area contributed by atoms with Crippen LogP contribution in [0.25, 0.3) is 11.0 Å². The Morgan fingerprint density at radius 3 is 2.61 bits per heavy atom. The molecule has 3 aromatic carbocycles. The number of rotatable bonds is 15. The number of amides is 1. The van der Waals surface area contributed by atoms with E-state index in [4.69, 9.17) is 14.5 Å². The van der Waals surface area contributed by atoms with Crippen molar-refractivity contribution in [2.75, 3.05) is 20.3 Å². The van der Waals surface area contributed by atoms with Gasteiger partial charge in [0.25, 0.3) is 5.91 Å². The summed E-state index contributed by atoms with van der Waals surface area (Å²) in [6, 6.07) is 23.7. The van der Waals surface area contributed by atoms with Crippen molar-refractivity contribution in [1.29, 1.82) is 0 Å². The van der Waals surface area contributed by atoms with Gasteiger partial charge >= 0.3 is 0 Å². The van der Waals surface area contributed by atoms with E-state index in [0.717, 1.165) is 79.0 Å². The van der Waals surface area contributed by atoms with Gasteiger partial charge in [0, 0.05) is 25.1 Å². The molecule has 0 spiro atoms. The number of allylic oxidation sites excluding steroid dienone is 1. The number of aromatic nitrogens is 2. The number of nitrogens with one attached hydrogen (secondary N) is 1. The second-order valence-electron chi connectivity index (χ2n) is 9.28. The summed E-state index contributed by atoms with van der Waals surface area (Å²) < 4.78 is 13.9. The maximum absolute atomic E-state index is 12.2. The molecule has 0 atom stereocenters. The zero-order valence-corrected chi connectivity index (χ0v) is 22.2. The molecule has 198 valence electrons. The van der Waals surface area contributed by atoms with Gasteiger partial charge in [-0.15, -0.1) is 6.58 Å². The molecule has 1 amide bonds. The van der Waals surface area contributed by atoms with Gasteiger partial charge in [0.2, 0.25) is 0 Å². The molecule has 0 bridgehead atoms. The molecule has 0 aliphatic heterocycles. The van der Waals surface area contributed by atoms with Crippen molar-refractivity contribution in [3.63, 3.8) is 0 Å². The third kappa shape index (κ3) is 7.25. The van der Waals surface area contributed by atoms with Crippen LogP contribution in [0.5, 0.6) is 11.5 Å². The zero-order chi connectivity index (χ0) is 26.6. The summed E-state index contributed by atoms with van der Waals surface area (Å²) in [5.74, 6) is 2.60. The molecule has 0 saturated heterocycles. The average Bonchev–Trinajstić information content (AvgIpc) is 3.31. The van der Waals surface area contributed by atoms with E-state index >= 15 is 0 Å². The summed E-state index contributed by atoms with van der Waals surface area (Å²) >= 11 is 0. The largest absolute Gasteiger partial charge is 0.493 e. The van der Waals surface area contributed by atoms with Crippen LogP contribution in [-0.2, 0) is 19.4 Å². The van der Waals surface area contributed by atoms with Crippen LogP contribution in [0.1, 0.15) is 47.4 Å². The molecule has 1 N–H and O–H groups in total. The Balaban J connectivity index is 1.27. The fraction of sp³-hybridized carbons (Fsp3) is 0.312. The lowest BCUT2D eigenvalue weighted by Crippen LogP contribution is -2.24. The Morgan fingerprint density at radius 2 is 1.79 bits per heavy atom. The maximum Gasteiger partial charge on any atom is 0.251 e. The first-order valence-electron chi connectivity index (χ1n) is 13.4. The molecule has 0 fully saturated rings. The number of para-hydroxylation sites is 2. The zero-order valence-electron chi connectivity index (χ0n) is 22.2. The number of hydrogen-bond donors (Lipinski definition) is 1. The van der Waals surface area contributed by atoms with Gasteiger partial charge in [-0.25, -0.2) is 4.98 Å². The van der Waals surface area contributed by atoms with Crippen LogP contribution in [-0.4, -0.2) is 35.7 Å². The normalized spacial score (nSPS) is 10.9. The van der Waals surface area contributed by atoms with E-state index in [9.17, 15) is 4.79 Å². The highest BCUT2D eigenvalue weighted by molar-refractivity contribution is 5.94. The minimum Gasteiger partial charge on any atom is -0.493 e. The highest BCUT2D eigenvalue weighted by Crippen LogP contribution is 2.28. The smallest absolute Gasteiger partial charge is 0.251 e. The second kappa shape index (κ2) is 14.0. The quantitative estimate of drug-likeness (QED) is 0.148. The average molecular weight is 512 g/mol. The topological polar surface area (TPSA) is 65.4 Å². The molecule has 6 nitrogen and oxygen atoms in total. The Hall–Kier alpha value is -4.06. The molecule has 0 radical (unpaired) electrons. The first kappa shape index (κ1) is 27.0. The monoisotopic (exact) mass is 511 g/mol. The molecule has 0 saturated carbocycles. The molecule has 0 aliphatic carbocycles. The molecule has 4 aromatic rings.